The van der Waals surface area contributed by atoms with Crippen molar-refractivity contribution < 1.29 is 35.5 Å². The van der Waals surface area contributed by atoms with Gasteiger partial charge in [0.25, 0.3) is 0 Å². The van der Waals surface area contributed by atoms with Crippen LogP contribution in [-0.2, 0) is 6.18 Å². The fourth-order valence-electron chi connectivity index (χ4n) is 2.10. The van der Waals surface area contributed by atoms with Gasteiger partial charge in [0.1, 0.15) is 11.6 Å². The van der Waals surface area contributed by atoms with E-state index in [0.29, 0.717) is 6.07 Å². The van der Waals surface area contributed by atoms with Gasteiger partial charge in [-0.15, -0.1) is 25.6 Å². The van der Waals surface area contributed by atoms with E-state index in [4.69, 9.17) is 5.73 Å². The Bertz CT molecular complexity index is 713. The van der Waals surface area contributed by atoms with Crippen molar-refractivity contribution in [3.8, 4) is 5.75 Å². The molecule has 1 atom stereocenters. The SMILES string of the molecule is Cl.N[C@@H](c1ccc(OC(F)(F)F)cc1)c1ccc(F)cc1C(F)(F)F. The summed E-state index contributed by atoms with van der Waals surface area (Å²) in [7, 11) is 0. The van der Waals surface area contributed by atoms with Crippen LogP contribution >= 0.6 is 12.4 Å². The summed E-state index contributed by atoms with van der Waals surface area (Å²) in [6.07, 6.45) is -9.71. The van der Waals surface area contributed by atoms with Crippen molar-refractivity contribution in [2.75, 3.05) is 0 Å². The Morgan fingerprint density at radius 3 is 1.92 bits per heavy atom. The lowest BCUT2D eigenvalue weighted by atomic mass is 9.94. The zero-order valence-corrected chi connectivity index (χ0v) is 13.0. The highest BCUT2D eigenvalue weighted by atomic mass is 35.5. The normalized spacial score (nSPS) is 13.1. The summed E-state index contributed by atoms with van der Waals surface area (Å²) >= 11 is 0. The molecule has 0 aliphatic rings. The van der Waals surface area contributed by atoms with Crippen molar-refractivity contribution in [2.45, 2.75) is 18.6 Å². The molecule has 0 bridgehead atoms. The van der Waals surface area contributed by atoms with Gasteiger partial charge in [0.2, 0.25) is 0 Å². The van der Waals surface area contributed by atoms with Crippen LogP contribution in [0.5, 0.6) is 5.75 Å². The van der Waals surface area contributed by atoms with E-state index in [-0.39, 0.29) is 18.0 Å². The largest absolute Gasteiger partial charge is 0.573 e. The Kier molecular flexibility index (Phi) is 6.30. The van der Waals surface area contributed by atoms with Crippen LogP contribution in [0.2, 0.25) is 0 Å². The molecule has 0 saturated heterocycles. The molecular weight excluding hydrogens is 379 g/mol. The first-order chi connectivity index (χ1) is 11.0. The van der Waals surface area contributed by atoms with Crippen LogP contribution in [0.4, 0.5) is 30.7 Å². The zero-order valence-electron chi connectivity index (χ0n) is 12.2. The third kappa shape index (κ3) is 5.50. The predicted octanol–water partition coefficient (Wildman–Crippen LogP) is 5.21. The highest BCUT2D eigenvalue weighted by molar-refractivity contribution is 5.85. The van der Waals surface area contributed by atoms with Crippen molar-refractivity contribution in [1.82, 2.24) is 0 Å². The number of rotatable bonds is 3. The topological polar surface area (TPSA) is 35.2 Å². The molecule has 0 spiro atoms. The van der Waals surface area contributed by atoms with Gasteiger partial charge < -0.3 is 10.5 Å². The monoisotopic (exact) mass is 389 g/mol. The van der Waals surface area contributed by atoms with Crippen LogP contribution in [0.15, 0.2) is 42.5 Å². The summed E-state index contributed by atoms with van der Waals surface area (Å²) < 4.78 is 92.0. The van der Waals surface area contributed by atoms with Gasteiger partial charge >= 0.3 is 12.5 Å². The van der Waals surface area contributed by atoms with Crippen molar-refractivity contribution in [1.29, 1.82) is 0 Å². The first kappa shape index (κ1) is 21.0. The molecule has 0 aliphatic carbocycles. The Morgan fingerprint density at radius 1 is 0.880 bits per heavy atom. The average Bonchev–Trinajstić information content (AvgIpc) is 2.44. The van der Waals surface area contributed by atoms with Gasteiger partial charge in [-0.1, -0.05) is 18.2 Å². The van der Waals surface area contributed by atoms with E-state index in [9.17, 15) is 30.7 Å². The second kappa shape index (κ2) is 7.49. The second-order valence-corrected chi connectivity index (χ2v) is 4.82. The number of hydrogen-bond acceptors (Lipinski definition) is 2. The molecule has 0 amide bonds. The number of ether oxygens (including phenoxy) is 1. The van der Waals surface area contributed by atoms with E-state index in [2.05, 4.69) is 4.74 Å². The Hall–Kier alpha value is -2.00. The van der Waals surface area contributed by atoms with E-state index in [0.717, 1.165) is 36.4 Å². The van der Waals surface area contributed by atoms with Gasteiger partial charge in [-0.2, -0.15) is 13.2 Å². The fraction of sp³-hybridized carbons (Fsp3) is 0.200. The van der Waals surface area contributed by atoms with Crippen LogP contribution in [0, 0.1) is 5.82 Å². The van der Waals surface area contributed by atoms with Crippen LogP contribution in [0.1, 0.15) is 22.7 Å². The van der Waals surface area contributed by atoms with E-state index in [1.165, 1.54) is 0 Å². The fourth-order valence-corrected chi connectivity index (χ4v) is 2.10. The van der Waals surface area contributed by atoms with Gasteiger partial charge in [0, 0.05) is 0 Å². The summed E-state index contributed by atoms with van der Waals surface area (Å²) in [6.45, 7) is 0. The van der Waals surface area contributed by atoms with Crippen LogP contribution in [0.3, 0.4) is 0 Å². The molecule has 0 fully saturated rings. The molecule has 0 aromatic heterocycles. The van der Waals surface area contributed by atoms with Crippen molar-refractivity contribution >= 4 is 12.4 Å². The third-order valence-electron chi connectivity index (χ3n) is 3.13. The minimum Gasteiger partial charge on any atom is -0.406 e. The van der Waals surface area contributed by atoms with E-state index in [1.807, 2.05) is 0 Å². The molecule has 0 unspecified atom stereocenters. The maximum Gasteiger partial charge on any atom is 0.573 e. The van der Waals surface area contributed by atoms with Gasteiger partial charge in [-0.25, -0.2) is 4.39 Å². The number of alkyl halides is 6. The lowest BCUT2D eigenvalue weighted by molar-refractivity contribution is -0.274. The molecule has 2 aromatic rings. The molecule has 2 aromatic carbocycles. The van der Waals surface area contributed by atoms with E-state index < -0.39 is 41.3 Å². The van der Waals surface area contributed by atoms with E-state index >= 15 is 0 Å². The van der Waals surface area contributed by atoms with Gasteiger partial charge in [0.05, 0.1) is 11.6 Å². The first-order valence-electron chi connectivity index (χ1n) is 6.45. The highest BCUT2D eigenvalue weighted by Crippen LogP contribution is 2.36. The smallest absolute Gasteiger partial charge is 0.406 e. The Labute approximate surface area is 143 Å². The number of nitrogens with two attached hydrogens (primary N) is 1. The summed E-state index contributed by atoms with van der Waals surface area (Å²) in [4.78, 5) is 0. The van der Waals surface area contributed by atoms with Gasteiger partial charge in [-0.3, -0.25) is 0 Å². The maximum atomic E-state index is 13.1. The standard InChI is InChI=1S/C15H10F7NO.ClH/c16-9-3-6-11(12(7-9)14(17,18)19)13(23)8-1-4-10(5-2-8)24-15(20,21)22;/h1-7,13H,23H2;1H/t13-;/m0./s1. The molecule has 2 nitrogen and oxygen atoms in total. The number of hydrogen-bond donors (Lipinski definition) is 1. The first-order valence-corrected chi connectivity index (χ1v) is 6.45. The maximum absolute atomic E-state index is 13.1. The summed E-state index contributed by atoms with van der Waals surface area (Å²) in [5, 5.41) is 0. The minimum absolute atomic E-state index is 0. The van der Waals surface area contributed by atoms with Crippen LogP contribution in [0.25, 0.3) is 0 Å². The molecular formula is C15H11ClF7NO. The van der Waals surface area contributed by atoms with Gasteiger partial charge in [-0.05, 0) is 35.4 Å². The minimum atomic E-state index is -4.88. The molecule has 0 saturated carbocycles. The average molecular weight is 390 g/mol. The lowest BCUT2D eigenvalue weighted by Crippen LogP contribution is -2.19. The van der Waals surface area contributed by atoms with Crippen LogP contribution in [-0.4, -0.2) is 6.36 Å². The molecule has 2 N–H and O–H groups in total. The van der Waals surface area contributed by atoms with Gasteiger partial charge in [0.15, 0.2) is 0 Å². The summed E-state index contributed by atoms with van der Waals surface area (Å²) in [6, 6.07) is 4.80. The highest BCUT2D eigenvalue weighted by Gasteiger charge is 2.35. The summed E-state index contributed by atoms with van der Waals surface area (Å²) in [5.74, 6) is -1.61. The molecule has 2 rings (SSSR count). The van der Waals surface area contributed by atoms with E-state index in [1.54, 1.807) is 0 Å². The molecule has 0 radical (unpaired) electrons. The Morgan fingerprint density at radius 2 is 1.44 bits per heavy atom. The zero-order chi connectivity index (χ0) is 18.1. The molecule has 138 valence electrons. The third-order valence-corrected chi connectivity index (χ3v) is 3.13. The molecule has 10 heteroatoms. The number of benzene rings is 2. The van der Waals surface area contributed by atoms with Crippen molar-refractivity contribution in [3.05, 3.63) is 65.0 Å². The Balaban J connectivity index is 0.00000312. The lowest BCUT2D eigenvalue weighted by Gasteiger charge is -2.19. The van der Waals surface area contributed by atoms with Crippen LogP contribution < -0.4 is 10.5 Å². The number of halogens is 8. The quantitative estimate of drug-likeness (QED) is 0.731. The molecule has 25 heavy (non-hydrogen) atoms. The molecule has 0 aliphatic heterocycles. The van der Waals surface area contributed by atoms with Crippen molar-refractivity contribution in [2.24, 2.45) is 5.73 Å². The predicted molar refractivity (Wildman–Crippen MR) is 77.8 cm³/mol. The van der Waals surface area contributed by atoms with Crippen molar-refractivity contribution in [3.63, 3.8) is 0 Å². The second-order valence-electron chi connectivity index (χ2n) is 4.82. The molecule has 0 heterocycles. The summed E-state index contributed by atoms with van der Waals surface area (Å²) in [5.41, 5.74) is 4.23.